The molecule has 0 aliphatic rings. The smallest absolute Gasteiger partial charge is 0.222 e. The van der Waals surface area contributed by atoms with Crippen LogP contribution in [0.15, 0.2) is 18.2 Å². The molecule has 1 aromatic carbocycles. The van der Waals surface area contributed by atoms with Gasteiger partial charge in [-0.15, -0.1) is 0 Å². The van der Waals surface area contributed by atoms with E-state index in [0.717, 1.165) is 5.56 Å². The summed E-state index contributed by atoms with van der Waals surface area (Å²) in [6.07, 6.45) is 0.320. The number of halogens is 2. The maximum Gasteiger partial charge on any atom is 0.222 e. The highest BCUT2D eigenvalue weighted by Crippen LogP contribution is 2.29. The topological polar surface area (TPSA) is 40.5 Å². The van der Waals surface area contributed by atoms with Crippen molar-refractivity contribution >= 4 is 29.1 Å². The normalized spacial score (nSPS) is 14.0. The summed E-state index contributed by atoms with van der Waals surface area (Å²) in [7, 11) is 1.74. The van der Waals surface area contributed by atoms with Gasteiger partial charge in [-0.25, -0.2) is 0 Å². The molecule has 1 N–H and O–H groups in total. The lowest BCUT2D eigenvalue weighted by Gasteiger charge is -2.26. The highest BCUT2D eigenvalue weighted by Gasteiger charge is 2.19. The van der Waals surface area contributed by atoms with Crippen molar-refractivity contribution in [1.82, 2.24) is 4.90 Å². The zero-order chi connectivity index (χ0) is 14.6. The molecule has 0 bridgehead atoms. The fourth-order valence-electron chi connectivity index (χ4n) is 1.77. The second-order valence-electron chi connectivity index (χ2n) is 4.73. The Kier molecular flexibility index (Phi) is 6.11. The third-order valence-electron chi connectivity index (χ3n) is 3.16. The summed E-state index contributed by atoms with van der Waals surface area (Å²) >= 11 is 12.0. The van der Waals surface area contributed by atoms with Gasteiger partial charge in [-0.05, 0) is 38.0 Å². The molecule has 0 radical (unpaired) electrons. The van der Waals surface area contributed by atoms with Crippen molar-refractivity contribution in [3.8, 4) is 0 Å². The van der Waals surface area contributed by atoms with Gasteiger partial charge in [-0.2, -0.15) is 0 Å². The molecule has 2 unspecified atom stereocenters. The van der Waals surface area contributed by atoms with Crippen molar-refractivity contribution in [2.24, 2.45) is 0 Å². The van der Waals surface area contributed by atoms with Gasteiger partial charge in [-0.1, -0.05) is 29.3 Å². The zero-order valence-electron chi connectivity index (χ0n) is 11.4. The molecule has 0 heterocycles. The third kappa shape index (κ3) is 4.68. The van der Waals surface area contributed by atoms with Crippen LogP contribution >= 0.6 is 23.2 Å². The Morgan fingerprint density at radius 2 is 2.00 bits per heavy atom. The van der Waals surface area contributed by atoms with E-state index in [-0.39, 0.29) is 11.9 Å². The Balaban J connectivity index is 2.75. The maximum absolute atomic E-state index is 12.0. The first kappa shape index (κ1) is 16.3. The van der Waals surface area contributed by atoms with Crippen molar-refractivity contribution in [1.29, 1.82) is 0 Å². The molecule has 19 heavy (non-hydrogen) atoms. The average Bonchev–Trinajstić information content (AvgIpc) is 2.34. The fraction of sp³-hybridized carbons (Fsp3) is 0.500. The molecule has 0 saturated carbocycles. The molecule has 5 heteroatoms. The maximum atomic E-state index is 12.0. The van der Waals surface area contributed by atoms with Crippen LogP contribution in [0.5, 0.6) is 0 Å². The average molecular weight is 304 g/mol. The van der Waals surface area contributed by atoms with Gasteiger partial charge in [0.1, 0.15) is 0 Å². The number of hydrogen-bond donors (Lipinski definition) is 1. The Morgan fingerprint density at radius 1 is 1.37 bits per heavy atom. The van der Waals surface area contributed by atoms with Gasteiger partial charge in [0.2, 0.25) is 5.91 Å². The van der Waals surface area contributed by atoms with Crippen molar-refractivity contribution in [3.05, 3.63) is 33.8 Å². The van der Waals surface area contributed by atoms with E-state index >= 15 is 0 Å². The quantitative estimate of drug-likeness (QED) is 0.901. The molecule has 0 aliphatic carbocycles. The van der Waals surface area contributed by atoms with Crippen molar-refractivity contribution in [2.45, 2.75) is 38.8 Å². The van der Waals surface area contributed by atoms with Crippen LogP contribution in [0, 0.1) is 0 Å². The summed E-state index contributed by atoms with van der Waals surface area (Å²) in [5.74, 6) is -0.0144. The van der Waals surface area contributed by atoms with Crippen LogP contribution < -0.4 is 0 Å². The number of benzene rings is 1. The van der Waals surface area contributed by atoms with E-state index in [1.54, 1.807) is 31.0 Å². The molecule has 1 rings (SSSR count). The van der Waals surface area contributed by atoms with Crippen molar-refractivity contribution < 1.29 is 9.90 Å². The number of carbonyl (C=O) groups is 1. The van der Waals surface area contributed by atoms with Crippen molar-refractivity contribution in [3.63, 3.8) is 0 Å². The molecule has 1 amide bonds. The number of carbonyl (C=O) groups excluding carboxylic acids is 1. The Bertz CT molecular complexity index is 449. The van der Waals surface area contributed by atoms with Gasteiger partial charge in [0.05, 0.1) is 12.1 Å². The molecule has 0 spiro atoms. The fourth-order valence-corrected chi connectivity index (χ4v) is 2.34. The molecule has 0 fully saturated rings. The Hall–Kier alpha value is -0.770. The van der Waals surface area contributed by atoms with E-state index in [1.165, 1.54) is 0 Å². The Labute approximate surface area is 124 Å². The van der Waals surface area contributed by atoms with Gasteiger partial charge in [0, 0.05) is 23.5 Å². The molecule has 0 saturated heterocycles. The summed E-state index contributed by atoms with van der Waals surface area (Å²) < 4.78 is 0. The van der Waals surface area contributed by atoms with E-state index < -0.39 is 6.10 Å². The van der Waals surface area contributed by atoms with Crippen molar-refractivity contribution in [2.75, 3.05) is 7.05 Å². The molecule has 0 aromatic heterocycles. The van der Waals surface area contributed by atoms with Crippen LogP contribution in [0.4, 0.5) is 0 Å². The van der Waals surface area contributed by atoms with Crippen LogP contribution in [0.2, 0.25) is 10.0 Å². The first-order chi connectivity index (χ1) is 8.82. The number of aliphatic hydroxyl groups is 1. The van der Waals surface area contributed by atoms with Gasteiger partial charge >= 0.3 is 0 Å². The van der Waals surface area contributed by atoms with Gasteiger partial charge in [-0.3, -0.25) is 4.79 Å². The summed E-state index contributed by atoms with van der Waals surface area (Å²) in [6, 6.07) is 5.12. The molecule has 106 valence electrons. The molecule has 3 nitrogen and oxygen atoms in total. The monoisotopic (exact) mass is 303 g/mol. The summed E-state index contributed by atoms with van der Waals surface area (Å²) in [5, 5.41) is 10.3. The summed E-state index contributed by atoms with van der Waals surface area (Å²) in [5.41, 5.74) is 0.860. The molecular formula is C14H19Cl2NO2. The van der Waals surface area contributed by atoms with Crippen LogP contribution in [-0.2, 0) is 4.79 Å². The first-order valence-corrected chi connectivity index (χ1v) is 6.97. The lowest BCUT2D eigenvalue weighted by molar-refractivity contribution is -0.132. The number of aliphatic hydroxyl groups excluding tert-OH is 1. The number of nitrogens with zero attached hydrogens (tertiary/aromatic N) is 1. The first-order valence-electron chi connectivity index (χ1n) is 6.21. The number of hydrogen-bond acceptors (Lipinski definition) is 2. The highest BCUT2D eigenvalue weighted by atomic mass is 35.5. The lowest BCUT2D eigenvalue weighted by atomic mass is 10.1. The standard InChI is InChI=1S/C14H19Cl2NO2/c1-9(18)4-7-14(19)17(3)10(2)12-6-5-11(15)8-13(12)16/h5-6,8-10,18H,4,7H2,1-3H3. The molecular weight excluding hydrogens is 285 g/mol. The number of rotatable bonds is 5. The second-order valence-corrected chi connectivity index (χ2v) is 5.58. The van der Waals surface area contributed by atoms with Crippen LogP contribution in [0.3, 0.4) is 0 Å². The highest BCUT2D eigenvalue weighted by molar-refractivity contribution is 6.35. The minimum Gasteiger partial charge on any atom is -0.393 e. The van der Waals surface area contributed by atoms with E-state index in [9.17, 15) is 9.90 Å². The summed E-state index contributed by atoms with van der Waals surface area (Å²) in [4.78, 5) is 13.6. The predicted molar refractivity (Wildman–Crippen MR) is 78.6 cm³/mol. The van der Waals surface area contributed by atoms with Gasteiger partial charge < -0.3 is 10.0 Å². The van der Waals surface area contributed by atoms with Crippen LogP contribution in [-0.4, -0.2) is 29.1 Å². The molecule has 2 atom stereocenters. The number of amides is 1. The minimum absolute atomic E-state index is 0.0144. The minimum atomic E-state index is -0.466. The predicted octanol–water partition coefficient (Wildman–Crippen LogP) is 3.67. The molecule has 0 aliphatic heterocycles. The lowest BCUT2D eigenvalue weighted by Crippen LogP contribution is -2.30. The van der Waals surface area contributed by atoms with Crippen LogP contribution in [0.25, 0.3) is 0 Å². The summed E-state index contributed by atoms with van der Waals surface area (Å²) in [6.45, 7) is 3.59. The largest absolute Gasteiger partial charge is 0.393 e. The van der Waals surface area contributed by atoms with Gasteiger partial charge in [0.25, 0.3) is 0 Å². The Morgan fingerprint density at radius 3 is 2.53 bits per heavy atom. The van der Waals surface area contributed by atoms with Gasteiger partial charge in [0.15, 0.2) is 0 Å². The van der Waals surface area contributed by atoms with E-state index in [4.69, 9.17) is 23.2 Å². The third-order valence-corrected chi connectivity index (χ3v) is 3.73. The van der Waals surface area contributed by atoms with E-state index in [1.807, 2.05) is 13.0 Å². The second kappa shape index (κ2) is 7.13. The van der Waals surface area contributed by atoms with E-state index in [2.05, 4.69) is 0 Å². The molecule has 1 aromatic rings. The zero-order valence-corrected chi connectivity index (χ0v) is 12.9. The van der Waals surface area contributed by atoms with E-state index in [0.29, 0.717) is 22.9 Å². The van der Waals surface area contributed by atoms with Crippen LogP contribution in [0.1, 0.15) is 38.3 Å². The SMILES string of the molecule is CC(O)CCC(=O)N(C)C(C)c1ccc(Cl)cc1Cl.